The first kappa shape index (κ1) is 16.4. The molecule has 1 aromatic heterocycles. The van der Waals surface area contributed by atoms with Gasteiger partial charge in [0.15, 0.2) is 0 Å². The molecule has 0 aliphatic heterocycles. The molecule has 2 rings (SSSR count). The van der Waals surface area contributed by atoms with Crippen LogP contribution in [0, 0.1) is 19.7 Å². The van der Waals surface area contributed by atoms with Crippen molar-refractivity contribution < 1.29 is 13.9 Å². The predicted octanol–water partition coefficient (Wildman–Crippen LogP) is 3.70. The Morgan fingerprint density at radius 3 is 2.77 bits per heavy atom. The van der Waals surface area contributed by atoms with Crippen molar-refractivity contribution in [3.63, 3.8) is 0 Å². The molecular weight excluding hydrogens is 351 g/mol. The summed E-state index contributed by atoms with van der Waals surface area (Å²) in [4.78, 5) is 11.7. The van der Waals surface area contributed by atoms with Gasteiger partial charge in [0, 0.05) is 34.4 Å². The van der Waals surface area contributed by atoms with Gasteiger partial charge in [0.1, 0.15) is 12.4 Å². The minimum atomic E-state index is -0.523. The van der Waals surface area contributed by atoms with Gasteiger partial charge in [0.25, 0.3) is 0 Å². The molecule has 0 N–H and O–H groups in total. The molecule has 1 aromatic carbocycles. The van der Waals surface area contributed by atoms with Crippen LogP contribution in [0.4, 0.5) is 4.39 Å². The summed E-state index contributed by atoms with van der Waals surface area (Å²) in [6, 6.07) is 4.61. The fraction of sp³-hybridized carbons (Fsp3) is 0.250. The Labute approximate surface area is 136 Å². The van der Waals surface area contributed by atoms with Gasteiger partial charge in [-0.15, -0.1) is 0 Å². The van der Waals surface area contributed by atoms with Crippen molar-refractivity contribution in [2.45, 2.75) is 20.5 Å². The number of esters is 1. The Bertz CT molecular complexity index is 738. The van der Waals surface area contributed by atoms with Gasteiger partial charge in [-0.1, -0.05) is 22.0 Å². The number of aromatic nitrogens is 2. The molecule has 0 spiro atoms. The summed E-state index contributed by atoms with van der Waals surface area (Å²) in [7, 11) is 1.84. The molecule has 0 amide bonds. The average Bonchev–Trinajstić information content (AvgIpc) is 2.69. The van der Waals surface area contributed by atoms with E-state index in [0.717, 1.165) is 17.0 Å². The van der Waals surface area contributed by atoms with E-state index in [0.29, 0.717) is 10.0 Å². The lowest BCUT2D eigenvalue weighted by atomic mass is 10.2. The van der Waals surface area contributed by atoms with Crippen molar-refractivity contribution >= 4 is 28.0 Å². The topological polar surface area (TPSA) is 44.1 Å². The first-order chi connectivity index (χ1) is 10.4. The molecule has 6 heteroatoms. The number of halogens is 2. The van der Waals surface area contributed by atoms with E-state index in [1.807, 2.05) is 20.9 Å². The lowest BCUT2D eigenvalue weighted by molar-refractivity contribution is -0.138. The van der Waals surface area contributed by atoms with Crippen LogP contribution < -0.4 is 0 Å². The largest absolute Gasteiger partial charge is 0.458 e. The van der Waals surface area contributed by atoms with E-state index in [1.54, 1.807) is 22.9 Å². The zero-order valence-electron chi connectivity index (χ0n) is 12.6. The van der Waals surface area contributed by atoms with Crippen LogP contribution in [0.25, 0.3) is 6.08 Å². The fourth-order valence-electron chi connectivity index (χ4n) is 2.02. The molecule has 2 aromatic rings. The third-order valence-electron chi connectivity index (χ3n) is 3.34. The van der Waals surface area contributed by atoms with Gasteiger partial charge in [-0.3, -0.25) is 4.68 Å². The molecule has 0 aliphatic rings. The van der Waals surface area contributed by atoms with Crippen LogP contribution in [0.5, 0.6) is 0 Å². The number of hydrogen-bond acceptors (Lipinski definition) is 3. The second-order valence-corrected chi connectivity index (χ2v) is 5.80. The summed E-state index contributed by atoms with van der Waals surface area (Å²) < 4.78 is 21.0. The normalized spacial score (nSPS) is 11.1. The Balaban J connectivity index is 1.99. The van der Waals surface area contributed by atoms with Crippen LogP contribution in [-0.2, 0) is 23.2 Å². The number of rotatable bonds is 4. The van der Waals surface area contributed by atoms with Crippen LogP contribution in [-0.4, -0.2) is 15.7 Å². The lowest BCUT2D eigenvalue weighted by Gasteiger charge is -2.04. The third-order valence-corrected chi connectivity index (χ3v) is 3.83. The molecule has 0 atom stereocenters. The van der Waals surface area contributed by atoms with E-state index in [9.17, 15) is 9.18 Å². The third kappa shape index (κ3) is 3.82. The van der Waals surface area contributed by atoms with E-state index in [-0.39, 0.29) is 6.61 Å². The van der Waals surface area contributed by atoms with Crippen molar-refractivity contribution in [3.8, 4) is 0 Å². The van der Waals surface area contributed by atoms with Crippen molar-refractivity contribution in [2.75, 3.05) is 0 Å². The number of hydrogen-bond donors (Lipinski definition) is 0. The standard InChI is InChI=1S/C16H16BrFN2O2/c1-10-14(11(2)20(3)19-10)6-7-16(21)22-9-12-4-5-13(17)8-15(12)18/h4-8H,9H2,1-3H3/b7-6+. The monoisotopic (exact) mass is 366 g/mol. The summed E-state index contributed by atoms with van der Waals surface area (Å²) in [5.41, 5.74) is 3.01. The summed E-state index contributed by atoms with van der Waals surface area (Å²) in [6.45, 7) is 3.69. The first-order valence-corrected chi connectivity index (χ1v) is 7.46. The Hall–Kier alpha value is -1.95. The summed E-state index contributed by atoms with van der Waals surface area (Å²) in [5.74, 6) is -0.935. The van der Waals surface area contributed by atoms with E-state index < -0.39 is 11.8 Å². The van der Waals surface area contributed by atoms with E-state index in [4.69, 9.17) is 4.74 Å². The Kier molecular flexibility index (Phi) is 5.13. The average molecular weight is 367 g/mol. The molecule has 0 saturated heterocycles. The molecule has 4 nitrogen and oxygen atoms in total. The number of carbonyl (C=O) groups excluding carboxylic acids is 1. The number of carbonyl (C=O) groups is 1. The highest BCUT2D eigenvalue weighted by atomic mass is 79.9. The predicted molar refractivity (Wildman–Crippen MR) is 85.6 cm³/mol. The molecule has 22 heavy (non-hydrogen) atoms. The molecule has 0 radical (unpaired) electrons. The maximum absolute atomic E-state index is 13.6. The van der Waals surface area contributed by atoms with Gasteiger partial charge >= 0.3 is 5.97 Å². The zero-order chi connectivity index (χ0) is 16.3. The van der Waals surface area contributed by atoms with Gasteiger partial charge in [-0.25, -0.2) is 9.18 Å². The first-order valence-electron chi connectivity index (χ1n) is 6.67. The van der Waals surface area contributed by atoms with Gasteiger partial charge < -0.3 is 4.74 Å². The molecule has 0 saturated carbocycles. The summed E-state index contributed by atoms with van der Waals surface area (Å²) in [6.07, 6.45) is 2.99. The minimum absolute atomic E-state index is 0.104. The number of aryl methyl sites for hydroxylation is 2. The highest BCUT2D eigenvalue weighted by Crippen LogP contribution is 2.16. The molecule has 0 bridgehead atoms. The summed E-state index contributed by atoms with van der Waals surface area (Å²) in [5, 5.41) is 4.26. The molecule has 0 unspecified atom stereocenters. The molecule has 0 aliphatic carbocycles. The van der Waals surface area contributed by atoms with E-state index >= 15 is 0 Å². The van der Waals surface area contributed by atoms with Gasteiger partial charge in [0.05, 0.1) is 5.69 Å². The zero-order valence-corrected chi connectivity index (χ0v) is 14.1. The van der Waals surface area contributed by atoms with Gasteiger partial charge in [-0.05, 0) is 32.1 Å². The SMILES string of the molecule is Cc1nn(C)c(C)c1/C=C/C(=O)OCc1ccc(Br)cc1F. The fourth-order valence-corrected chi connectivity index (χ4v) is 2.35. The molecule has 116 valence electrons. The highest BCUT2D eigenvalue weighted by Gasteiger charge is 2.08. The van der Waals surface area contributed by atoms with Crippen molar-refractivity contribution in [1.29, 1.82) is 0 Å². The van der Waals surface area contributed by atoms with Crippen LogP contribution >= 0.6 is 15.9 Å². The van der Waals surface area contributed by atoms with Crippen molar-refractivity contribution in [1.82, 2.24) is 9.78 Å². The number of nitrogens with zero attached hydrogens (tertiary/aromatic N) is 2. The van der Waals surface area contributed by atoms with Gasteiger partial charge in [0.2, 0.25) is 0 Å². The number of ether oxygens (including phenoxy) is 1. The maximum Gasteiger partial charge on any atom is 0.331 e. The molecule has 0 fully saturated rings. The van der Waals surface area contributed by atoms with E-state index in [1.165, 1.54) is 12.1 Å². The van der Waals surface area contributed by atoms with Crippen LogP contribution in [0.15, 0.2) is 28.7 Å². The molecule has 1 heterocycles. The number of benzene rings is 1. The van der Waals surface area contributed by atoms with Crippen LogP contribution in [0.1, 0.15) is 22.5 Å². The second-order valence-electron chi connectivity index (χ2n) is 4.88. The second kappa shape index (κ2) is 6.87. The summed E-state index contributed by atoms with van der Waals surface area (Å²) >= 11 is 3.18. The minimum Gasteiger partial charge on any atom is -0.458 e. The van der Waals surface area contributed by atoms with Crippen LogP contribution in [0.3, 0.4) is 0 Å². The Morgan fingerprint density at radius 1 is 1.45 bits per heavy atom. The smallest absolute Gasteiger partial charge is 0.331 e. The quantitative estimate of drug-likeness (QED) is 0.612. The van der Waals surface area contributed by atoms with Gasteiger partial charge in [-0.2, -0.15) is 5.10 Å². The lowest BCUT2D eigenvalue weighted by Crippen LogP contribution is -2.02. The maximum atomic E-state index is 13.6. The van der Waals surface area contributed by atoms with Crippen molar-refractivity contribution in [3.05, 3.63) is 57.1 Å². The van der Waals surface area contributed by atoms with E-state index in [2.05, 4.69) is 21.0 Å². The van der Waals surface area contributed by atoms with Crippen LogP contribution in [0.2, 0.25) is 0 Å². The Morgan fingerprint density at radius 2 is 2.18 bits per heavy atom. The highest BCUT2D eigenvalue weighted by molar-refractivity contribution is 9.10. The van der Waals surface area contributed by atoms with Crippen molar-refractivity contribution in [2.24, 2.45) is 7.05 Å². The molecular formula is C16H16BrFN2O2.